The van der Waals surface area contributed by atoms with Gasteiger partial charge in [-0.05, 0) is 39.8 Å². The standard InChI is InChI=1S/C17H24N2O2/c1-12-6-7-14(20-5)13(10-12)15-11-18-16(21-15)8-9-19-17(2,3)4/h6-7,10-11,19H,8-9H2,1-5H3. The number of hydrogen-bond donors (Lipinski definition) is 1. The molecule has 0 amide bonds. The number of nitrogens with one attached hydrogen (secondary N) is 1. The highest BCUT2D eigenvalue weighted by Gasteiger charge is 2.13. The maximum Gasteiger partial charge on any atom is 0.196 e. The van der Waals surface area contributed by atoms with Crippen molar-refractivity contribution in [2.24, 2.45) is 0 Å². The molecule has 1 aromatic carbocycles. The highest BCUT2D eigenvalue weighted by atomic mass is 16.5. The van der Waals surface area contributed by atoms with Crippen LogP contribution in [-0.2, 0) is 6.42 Å². The Morgan fingerprint density at radius 2 is 2.05 bits per heavy atom. The molecule has 0 unspecified atom stereocenters. The lowest BCUT2D eigenvalue weighted by atomic mass is 10.1. The minimum Gasteiger partial charge on any atom is -0.496 e. The first kappa shape index (κ1) is 15.6. The molecule has 0 aliphatic carbocycles. The maximum absolute atomic E-state index is 5.85. The highest BCUT2D eigenvalue weighted by molar-refractivity contribution is 5.66. The smallest absolute Gasteiger partial charge is 0.196 e. The Balaban J connectivity index is 2.11. The molecule has 2 rings (SSSR count). The number of aromatic nitrogens is 1. The molecule has 1 heterocycles. The van der Waals surface area contributed by atoms with Gasteiger partial charge in [-0.25, -0.2) is 4.98 Å². The Kier molecular flexibility index (Phi) is 4.68. The van der Waals surface area contributed by atoms with Crippen molar-refractivity contribution >= 4 is 0 Å². The molecule has 21 heavy (non-hydrogen) atoms. The quantitative estimate of drug-likeness (QED) is 0.913. The summed E-state index contributed by atoms with van der Waals surface area (Å²) < 4.78 is 11.2. The fraction of sp³-hybridized carbons (Fsp3) is 0.471. The first-order chi connectivity index (χ1) is 9.89. The van der Waals surface area contributed by atoms with E-state index in [1.165, 1.54) is 0 Å². The Hall–Kier alpha value is -1.81. The van der Waals surface area contributed by atoms with Gasteiger partial charge in [-0.15, -0.1) is 0 Å². The van der Waals surface area contributed by atoms with Gasteiger partial charge in [0.1, 0.15) is 5.75 Å². The van der Waals surface area contributed by atoms with Gasteiger partial charge in [0.2, 0.25) is 0 Å². The predicted molar refractivity (Wildman–Crippen MR) is 84.7 cm³/mol. The Morgan fingerprint density at radius 3 is 2.71 bits per heavy atom. The molecule has 1 aromatic heterocycles. The van der Waals surface area contributed by atoms with E-state index in [0.29, 0.717) is 0 Å². The van der Waals surface area contributed by atoms with E-state index in [0.717, 1.165) is 41.5 Å². The molecule has 1 N–H and O–H groups in total. The Morgan fingerprint density at radius 1 is 1.29 bits per heavy atom. The zero-order valence-corrected chi connectivity index (χ0v) is 13.5. The average Bonchev–Trinajstić information content (AvgIpc) is 2.86. The zero-order chi connectivity index (χ0) is 15.5. The van der Waals surface area contributed by atoms with Crippen molar-refractivity contribution in [2.45, 2.75) is 39.7 Å². The van der Waals surface area contributed by atoms with Gasteiger partial charge in [-0.3, -0.25) is 0 Å². The van der Waals surface area contributed by atoms with Crippen LogP contribution in [0.25, 0.3) is 11.3 Å². The molecule has 0 saturated heterocycles. The van der Waals surface area contributed by atoms with Crippen LogP contribution in [0.4, 0.5) is 0 Å². The number of benzene rings is 1. The third kappa shape index (κ3) is 4.33. The first-order valence-corrected chi connectivity index (χ1v) is 7.24. The largest absolute Gasteiger partial charge is 0.496 e. The van der Waals surface area contributed by atoms with Gasteiger partial charge in [0, 0.05) is 18.5 Å². The Bertz CT molecular complexity index is 597. The van der Waals surface area contributed by atoms with Crippen molar-refractivity contribution in [3.05, 3.63) is 35.9 Å². The molecule has 4 heteroatoms. The number of ether oxygens (including phenoxy) is 1. The number of nitrogens with zero attached hydrogens (tertiary/aromatic N) is 1. The third-order valence-corrected chi connectivity index (χ3v) is 3.17. The monoisotopic (exact) mass is 288 g/mol. The minimum atomic E-state index is 0.106. The van der Waals surface area contributed by atoms with E-state index in [1.807, 2.05) is 19.1 Å². The number of hydrogen-bond acceptors (Lipinski definition) is 4. The van der Waals surface area contributed by atoms with Crippen molar-refractivity contribution in [2.75, 3.05) is 13.7 Å². The van der Waals surface area contributed by atoms with E-state index in [-0.39, 0.29) is 5.54 Å². The summed E-state index contributed by atoms with van der Waals surface area (Å²) in [6.45, 7) is 9.32. The highest BCUT2D eigenvalue weighted by Crippen LogP contribution is 2.31. The second kappa shape index (κ2) is 6.31. The van der Waals surface area contributed by atoms with E-state index >= 15 is 0 Å². The second-order valence-corrected chi connectivity index (χ2v) is 6.25. The molecule has 0 fully saturated rings. The number of aryl methyl sites for hydroxylation is 1. The van der Waals surface area contributed by atoms with Crippen LogP contribution in [0, 0.1) is 6.92 Å². The van der Waals surface area contributed by atoms with Crippen LogP contribution < -0.4 is 10.1 Å². The fourth-order valence-electron chi connectivity index (χ4n) is 2.11. The first-order valence-electron chi connectivity index (χ1n) is 7.24. The lowest BCUT2D eigenvalue weighted by molar-refractivity contribution is 0.407. The van der Waals surface area contributed by atoms with E-state index in [4.69, 9.17) is 9.15 Å². The van der Waals surface area contributed by atoms with Crippen LogP contribution in [0.15, 0.2) is 28.8 Å². The number of rotatable bonds is 5. The van der Waals surface area contributed by atoms with Crippen LogP contribution in [0.5, 0.6) is 5.75 Å². The predicted octanol–water partition coefficient (Wildman–Crippen LogP) is 3.59. The van der Waals surface area contributed by atoms with Crippen molar-refractivity contribution in [3.63, 3.8) is 0 Å². The lowest BCUT2D eigenvalue weighted by Gasteiger charge is -2.19. The van der Waals surface area contributed by atoms with Crippen LogP contribution in [0.3, 0.4) is 0 Å². The molecule has 0 aliphatic rings. The molecule has 0 bridgehead atoms. The van der Waals surface area contributed by atoms with Gasteiger partial charge >= 0.3 is 0 Å². The fourth-order valence-corrected chi connectivity index (χ4v) is 2.11. The van der Waals surface area contributed by atoms with E-state index in [1.54, 1.807) is 13.3 Å². The topological polar surface area (TPSA) is 47.3 Å². The number of oxazole rings is 1. The van der Waals surface area contributed by atoms with Gasteiger partial charge in [-0.1, -0.05) is 11.6 Å². The summed E-state index contributed by atoms with van der Waals surface area (Å²) in [7, 11) is 1.67. The van der Waals surface area contributed by atoms with Crippen molar-refractivity contribution in [3.8, 4) is 17.1 Å². The molecule has 0 atom stereocenters. The van der Waals surface area contributed by atoms with Crippen LogP contribution in [0.1, 0.15) is 32.2 Å². The summed E-state index contributed by atoms with van der Waals surface area (Å²) >= 11 is 0. The van der Waals surface area contributed by atoms with E-state index in [2.05, 4.69) is 37.1 Å². The normalized spacial score (nSPS) is 11.7. The van der Waals surface area contributed by atoms with Crippen LogP contribution >= 0.6 is 0 Å². The van der Waals surface area contributed by atoms with Crippen molar-refractivity contribution < 1.29 is 9.15 Å². The van der Waals surface area contributed by atoms with Crippen molar-refractivity contribution in [1.82, 2.24) is 10.3 Å². The maximum atomic E-state index is 5.85. The summed E-state index contributed by atoms with van der Waals surface area (Å²) in [6.07, 6.45) is 2.54. The summed E-state index contributed by atoms with van der Waals surface area (Å²) in [4.78, 5) is 4.35. The van der Waals surface area contributed by atoms with Crippen molar-refractivity contribution in [1.29, 1.82) is 0 Å². The van der Waals surface area contributed by atoms with Crippen LogP contribution in [-0.4, -0.2) is 24.2 Å². The molecule has 0 aliphatic heterocycles. The average molecular weight is 288 g/mol. The van der Waals surface area contributed by atoms with E-state index in [9.17, 15) is 0 Å². The molecule has 114 valence electrons. The van der Waals surface area contributed by atoms with Gasteiger partial charge in [0.25, 0.3) is 0 Å². The van der Waals surface area contributed by atoms with Gasteiger partial charge < -0.3 is 14.5 Å². The van der Waals surface area contributed by atoms with Gasteiger partial charge in [0.15, 0.2) is 11.7 Å². The van der Waals surface area contributed by atoms with Gasteiger partial charge in [0.05, 0.1) is 18.9 Å². The lowest BCUT2D eigenvalue weighted by Crippen LogP contribution is -2.37. The molecule has 0 spiro atoms. The molecule has 2 aromatic rings. The SMILES string of the molecule is COc1ccc(C)cc1-c1cnc(CCNC(C)(C)C)o1. The minimum absolute atomic E-state index is 0.106. The summed E-state index contributed by atoms with van der Waals surface area (Å²) in [5, 5.41) is 3.43. The third-order valence-electron chi connectivity index (χ3n) is 3.17. The molecule has 4 nitrogen and oxygen atoms in total. The Labute approximate surface area is 126 Å². The summed E-state index contributed by atoms with van der Waals surface area (Å²) in [6, 6.07) is 6.03. The van der Waals surface area contributed by atoms with Crippen LogP contribution in [0.2, 0.25) is 0 Å². The summed E-state index contributed by atoms with van der Waals surface area (Å²) in [5.74, 6) is 2.29. The molecule has 0 saturated carbocycles. The van der Waals surface area contributed by atoms with E-state index < -0.39 is 0 Å². The molecular weight excluding hydrogens is 264 g/mol. The second-order valence-electron chi connectivity index (χ2n) is 6.25. The molecule has 0 radical (unpaired) electrons. The molecular formula is C17H24N2O2. The van der Waals surface area contributed by atoms with Gasteiger partial charge in [-0.2, -0.15) is 0 Å². The summed E-state index contributed by atoms with van der Waals surface area (Å²) in [5.41, 5.74) is 2.22. The number of methoxy groups -OCH3 is 1. The zero-order valence-electron chi connectivity index (χ0n) is 13.5.